The van der Waals surface area contributed by atoms with Crippen molar-refractivity contribution in [1.29, 1.82) is 0 Å². The normalized spacial score (nSPS) is 14.3. The van der Waals surface area contributed by atoms with E-state index in [9.17, 15) is 9.59 Å². The van der Waals surface area contributed by atoms with Crippen LogP contribution in [0.15, 0.2) is 48.5 Å². The molecule has 0 radical (unpaired) electrons. The predicted octanol–water partition coefficient (Wildman–Crippen LogP) is 4.58. The van der Waals surface area contributed by atoms with Crippen LogP contribution in [0.1, 0.15) is 12.8 Å². The molecule has 3 rings (SSSR count). The molecule has 1 fully saturated rings. The summed E-state index contributed by atoms with van der Waals surface area (Å²) in [4.78, 5) is 31.7. The van der Waals surface area contributed by atoms with Gasteiger partial charge in [-0.3, -0.25) is 4.79 Å². The van der Waals surface area contributed by atoms with Crippen molar-refractivity contribution < 1.29 is 9.59 Å². The van der Waals surface area contributed by atoms with E-state index in [0.29, 0.717) is 48.3 Å². The predicted molar refractivity (Wildman–Crippen MR) is 151 cm³/mol. The second kappa shape index (κ2) is 14.9. The van der Waals surface area contributed by atoms with Crippen molar-refractivity contribution in [2.45, 2.75) is 12.8 Å². The number of carbonyl (C=O) groups excluding carboxylic acids is 2. The Morgan fingerprint density at radius 2 is 1.47 bits per heavy atom. The monoisotopic (exact) mass is 534 g/mol. The first kappa shape index (κ1) is 28.1. The van der Waals surface area contributed by atoms with Crippen LogP contribution in [0.5, 0.6) is 0 Å². The second-order valence-corrected chi connectivity index (χ2v) is 9.62. The number of urea groups is 1. The smallest absolute Gasteiger partial charge is 0.323 e. The number of piperazine rings is 1. The van der Waals surface area contributed by atoms with E-state index in [-0.39, 0.29) is 11.9 Å². The van der Waals surface area contributed by atoms with Crippen LogP contribution in [0, 0.1) is 0 Å². The molecular weight excluding hydrogens is 499 g/mol. The largest absolute Gasteiger partial charge is 0.369 e. The summed E-state index contributed by atoms with van der Waals surface area (Å²) in [7, 11) is 2.14. The van der Waals surface area contributed by atoms with E-state index >= 15 is 0 Å². The number of nitrogens with zero attached hydrogens (tertiary/aromatic N) is 3. The molecule has 36 heavy (non-hydrogen) atoms. The van der Waals surface area contributed by atoms with Crippen molar-refractivity contribution in [3.05, 3.63) is 48.5 Å². The van der Waals surface area contributed by atoms with Gasteiger partial charge in [-0.1, -0.05) is 6.07 Å². The van der Waals surface area contributed by atoms with Gasteiger partial charge in [0.25, 0.3) is 0 Å². The molecule has 2 aromatic carbocycles. The Labute approximate surface area is 223 Å². The van der Waals surface area contributed by atoms with Crippen molar-refractivity contribution in [3.63, 3.8) is 0 Å². The van der Waals surface area contributed by atoms with Gasteiger partial charge in [0.1, 0.15) is 0 Å². The van der Waals surface area contributed by atoms with Crippen LogP contribution in [-0.2, 0) is 4.79 Å². The number of carbonyl (C=O) groups is 2. The third kappa shape index (κ3) is 9.50. The van der Waals surface area contributed by atoms with Gasteiger partial charge < -0.3 is 30.7 Å². The average Bonchev–Trinajstić information content (AvgIpc) is 2.86. The molecule has 1 heterocycles. The lowest BCUT2D eigenvalue weighted by Gasteiger charge is -2.32. The standard InChI is InChI=1S/C26H36Cl2N6O2/c1-32-16-18-33(19-17-32)13-3-6-25(35)29-22-4-2-5-23(20-22)31-26(36)30-21-7-9-24(10-8-21)34(14-11-27)15-12-28/h2,4-5,7-10,20H,3,6,11-19H2,1H3,(H,29,35)(H2,30,31,36). The van der Waals surface area contributed by atoms with Crippen molar-refractivity contribution in [1.82, 2.24) is 9.80 Å². The zero-order chi connectivity index (χ0) is 25.8. The Morgan fingerprint density at radius 3 is 2.11 bits per heavy atom. The highest BCUT2D eigenvalue weighted by Crippen LogP contribution is 2.20. The highest BCUT2D eigenvalue weighted by Gasteiger charge is 2.14. The zero-order valence-corrected chi connectivity index (χ0v) is 22.3. The number of nitrogens with one attached hydrogen (secondary N) is 3. The van der Waals surface area contributed by atoms with Crippen LogP contribution in [0.3, 0.4) is 0 Å². The minimum atomic E-state index is -0.364. The van der Waals surface area contributed by atoms with E-state index in [0.717, 1.165) is 44.8 Å². The fourth-order valence-corrected chi connectivity index (χ4v) is 4.46. The van der Waals surface area contributed by atoms with Gasteiger partial charge in [-0.05, 0) is 62.5 Å². The van der Waals surface area contributed by atoms with Crippen LogP contribution in [-0.4, -0.2) is 86.4 Å². The van der Waals surface area contributed by atoms with Crippen molar-refractivity contribution in [2.24, 2.45) is 0 Å². The lowest BCUT2D eigenvalue weighted by molar-refractivity contribution is -0.116. The summed E-state index contributed by atoms with van der Waals surface area (Å²) >= 11 is 11.8. The Bertz CT molecular complexity index is 961. The first-order valence-electron chi connectivity index (χ1n) is 12.3. The number of benzene rings is 2. The second-order valence-electron chi connectivity index (χ2n) is 8.87. The van der Waals surface area contributed by atoms with Crippen LogP contribution in [0.25, 0.3) is 0 Å². The Morgan fingerprint density at radius 1 is 0.861 bits per heavy atom. The summed E-state index contributed by atoms with van der Waals surface area (Å²) in [6.45, 7) is 6.59. The van der Waals surface area contributed by atoms with Crippen LogP contribution in [0.2, 0.25) is 0 Å². The molecule has 1 aliphatic rings. The minimum Gasteiger partial charge on any atom is -0.369 e. The molecule has 0 spiro atoms. The van der Waals surface area contributed by atoms with Gasteiger partial charge in [0, 0.05) is 80.2 Å². The van der Waals surface area contributed by atoms with Crippen molar-refractivity contribution >= 4 is 57.9 Å². The highest BCUT2D eigenvalue weighted by atomic mass is 35.5. The van der Waals surface area contributed by atoms with Gasteiger partial charge >= 0.3 is 6.03 Å². The molecule has 0 aromatic heterocycles. The van der Waals surface area contributed by atoms with Crippen molar-refractivity contribution in [3.8, 4) is 0 Å². The number of likely N-dealkylation sites (N-methyl/N-ethyl adjacent to an activating group) is 1. The van der Waals surface area contributed by atoms with Gasteiger partial charge in [-0.2, -0.15) is 0 Å². The SMILES string of the molecule is CN1CCN(CCCC(=O)Nc2cccc(NC(=O)Nc3ccc(N(CCCl)CCCl)cc3)c2)CC1. The molecule has 1 aliphatic heterocycles. The summed E-state index contributed by atoms with van der Waals surface area (Å²) in [5.41, 5.74) is 2.90. The quantitative estimate of drug-likeness (QED) is 0.347. The molecule has 0 aliphatic carbocycles. The lowest BCUT2D eigenvalue weighted by Crippen LogP contribution is -2.44. The van der Waals surface area contributed by atoms with Gasteiger partial charge in [0.2, 0.25) is 5.91 Å². The fraction of sp³-hybridized carbons (Fsp3) is 0.462. The Hall–Kier alpha value is -2.52. The number of rotatable bonds is 12. The number of halogens is 2. The summed E-state index contributed by atoms with van der Waals surface area (Å²) in [5.74, 6) is 0.994. The summed E-state index contributed by atoms with van der Waals surface area (Å²) < 4.78 is 0. The topological polar surface area (TPSA) is 80.0 Å². The maximum absolute atomic E-state index is 12.5. The van der Waals surface area contributed by atoms with E-state index in [2.05, 4.69) is 37.7 Å². The molecule has 10 heteroatoms. The highest BCUT2D eigenvalue weighted by molar-refractivity contribution is 6.18. The Kier molecular flexibility index (Phi) is 11.6. The number of hydrogen-bond donors (Lipinski definition) is 3. The third-order valence-corrected chi connectivity index (χ3v) is 6.42. The minimum absolute atomic E-state index is 0.0248. The summed E-state index contributed by atoms with van der Waals surface area (Å²) in [6, 6.07) is 14.3. The first-order valence-corrected chi connectivity index (χ1v) is 13.4. The first-order chi connectivity index (χ1) is 17.5. The maximum atomic E-state index is 12.5. The summed E-state index contributed by atoms with van der Waals surface area (Å²) in [5, 5.41) is 8.57. The zero-order valence-electron chi connectivity index (χ0n) is 20.8. The average molecular weight is 536 g/mol. The molecule has 2 aromatic rings. The number of alkyl halides is 2. The Balaban J connectivity index is 1.44. The van der Waals surface area contributed by atoms with Gasteiger partial charge in [0.05, 0.1) is 0 Å². The molecule has 0 unspecified atom stereocenters. The molecule has 3 amide bonds. The van der Waals surface area contributed by atoms with E-state index in [1.54, 1.807) is 18.2 Å². The molecule has 0 bridgehead atoms. The molecule has 3 N–H and O–H groups in total. The number of anilines is 4. The molecular formula is C26H36Cl2N6O2. The molecule has 1 saturated heterocycles. The molecule has 8 nitrogen and oxygen atoms in total. The van der Waals surface area contributed by atoms with Gasteiger partial charge in [-0.15, -0.1) is 23.2 Å². The van der Waals surface area contributed by atoms with Gasteiger partial charge in [0.15, 0.2) is 0 Å². The van der Waals surface area contributed by atoms with Crippen LogP contribution >= 0.6 is 23.2 Å². The maximum Gasteiger partial charge on any atom is 0.323 e. The number of amides is 3. The third-order valence-electron chi connectivity index (χ3n) is 6.08. The van der Waals surface area contributed by atoms with E-state index < -0.39 is 0 Å². The molecule has 0 atom stereocenters. The van der Waals surface area contributed by atoms with Crippen LogP contribution in [0.4, 0.5) is 27.5 Å². The van der Waals surface area contributed by atoms with E-state index in [1.165, 1.54) is 0 Å². The van der Waals surface area contributed by atoms with Gasteiger partial charge in [-0.25, -0.2) is 4.79 Å². The molecule has 196 valence electrons. The molecule has 0 saturated carbocycles. The fourth-order valence-electron chi connectivity index (χ4n) is 4.06. The lowest BCUT2D eigenvalue weighted by atomic mass is 10.2. The number of hydrogen-bond acceptors (Lipinski definition) is 5. The summed E-state index contributed by atoms with van der Waals surface area (Å²) in [6.07, 6.45) is 1.29. The van der Waals surface area contributed by atoms with E-state index in [4.69, 9.17) is 23.2 Å². The van der Waals surface area contributed by atoms with Crippen LogP contribution < -0.4 is 20.9 Å². The van der Waals surface area contributed by atoms with E-state index in [1.807, 2.05) is 30.3 Å². The van der Waals surface area contributed by atoms with Crippen molar-refractivity contribution in [2.75, 3.05) is 85.5 Å².